The molecule has 0 N–H and O–H groups in total. The van der Waals surface area contributed by atoms with Gasteiger partial charge in [0, 0.05) is 5.92 Å². The predicted octanol–water partition coefficient (Wildman–Crippen LogP) is 2.42. The summed E-state index contributed by atoms with van der Waals surface area (Å²) in [5.74, 6) is 0.220. The van der Waals surface area contributed by atoms with E-state index in [1.165, 1.54) is 26.4 Å². The second-order valence-corrected chi connectivity index (χ2v) is 8.43. The van der Waals surface area contributed by atoms with E-state index in [0.717, 1.165) is 32.0 Å². The molecule has 4 rings (SSSR count). The molecule has 3 heterocycles. The van der Waals surface area contributed by atoms with Crippen molar-refractivity contribution in [1.82, 2.24) is 0 Å². The Morgan fingerprint density at radius 1 is 1.15 bits per heavy atom. The van der Waals surface area contributed by atoms with Gasteiger partial charge in [-0.25, -0.2) is 0 Å². The monoisotopic (exact) mass is 366 g/mol. The Hall–Kier alpha value is -0.980. The highest BCUT2D eigenvalue weighted by Crippen LogP contribution is 2.54. The molecule has 0 aromatic heterocycles. The molecule has 1 aliphatic carbocycles. The molecule has 3 aliphatic heterocycles. The molecule has 7 atom stereocenters. The average Bonchev–Trinajstić information content (AvgIpc) is 2.94. The number of esters is 1. The SMILES string of the molecule is COC(=O)CC1CCC2O[C@@H](C=O)C3OC4(CCCCC4)C(C)C3[C@H]2O1. The lowest BCUT2D eigenvalue weighted by Crippen LogP contribution is -2.58. The van der Waals surface area contributed by atoms with E-state index in [1.54, 1.807) is 0 Å². The van der Waals surface area contributed by atoms with Gasteiger partial charge in [-0.05, 0) is 31.6 Å². The van der Waals surface area contributed by atoms with Crippen LogP contribution in [0, 0.1) is 11.8 Å². The van der Waals surface area contributed by atoms with Crippen LogP contribution in [-0.4, -0.2) is 55.5 Å². The van der Waals surface area contributed by atoms with Crippen LogP contribution in [-0.2, 0) is 28.5 Å². The Bertz CT molecular complexity index is 542. The standard InChI is InChI=1S/C20H30O6/c1-12-17-18-14(7-6-13(24-18)10-16(22)23-2)25-15(11-21)19(17)26-20(12)8-4-3-5-9-20/h11-15,17-19H,3-10H2,1-2H3/t12?,13?,14?,15-,17?,18-,19?/m0/s1. The molecule has 5 unspecified atom stereocenters. The second-order valence-electron chi connectivity index (χ2n) is 8.43. The van der Waals surface area contributed by atoms with E-state index in [9.17, 15) is 9.59 Å². The Balaban J connectivity index is 1.57. The molecule has 6 heteroatoms. The molecule has 6 nitrogen and oxygen atoms in total. The van der Waals surface area contributed by atoms with Gasteiger partial charge < -0.3 is 23.7 Å². The number of methoxy groups -OCH3 is 1. The zero-order chi connectivity index (χ0) is 18.3. The van der Waals surface area contributed by atoms with Crippen molar-refractivity contribution in [3.8, 4) is 0 Å². The Labute approximate surface area is 154 Å². The summed E-state index contributed by atoms with van der Waals surface area (Å²) >= 11 is 0. The van der Waals surface area contributed by atoms with E-state index < -0.39 is 6.10 Å². The van der Waals surface area contributed by atoms with E-state index in [-0.39, 0.29) is 48.3 Å². The van der Waals surface area contributed by atoms with Gasteiger partial charge in [0.1, 0.15) is 6.10 Å². The van der Waals surface area contributed by atoms with Gasteiger partial charge in [0.05, 0.1) is 43.5 Å². The van der Waals surface area contributed by atoms with Gasteiger partial charge in [-0.15, -0.1) is 0 Å². The van der Waals surface area contributed by atoms with E-state index in [4.69, 9.17) is 18.9 Å². The first-order chi connectivity index (χ1) is 12.6. The quantitative estimate of drug-likeness (QED) is 0.564. The number of hydrogen-bond donors (Lipinski definition) is 0. The lowest BCUT2D eigenvalue weighted by Gasteiger charge is -2.47. The van der Waals surface area contributed by atoms with Crippen LogP contribution in [0.4, 0.5) is 0 Å². The summed E-state index contributed by atoms with van der Waals surface area (Å²) in [6.07, 6.45) is 7.35. The fourth-order valence-corrected chi connectivity index (χ4v) is 5.76. The minimum Gasteiger partial charge on any atom is -0.469 e. The fraction of sp³-hybridized carbons (Fsp3) is 0.900. The van der Waals surface area contributed by atoms with Crippen LogP contribution in [0.15, 0.2) is 0 Å². The van der Waals surface area contributed by atoms with Crippen LogP contribution in [0.1, 0.15) is 58.3 Å². The number of aldehydes is 1. The highest BCUT2D eigenvalue weighted by atomic mass is 16.6. The minimum atomic E-state index is -0.509. The van der Waals surface area contributed by atoms with Crippen molar-refractivity contribution in [2.75, 3.05) is 7.11 Å². The van der Waals surface area contributed by atoms with Gasteiger partial charge in [-0.3, -0.25) is 4.79 Å². The van der Waals surface area contributed by atoms with Crippen LogP contribution in [0.25, 0.3) is 0 Å². The molecule has 4 fully saturated rings. The Morgan fingerprint density at radius 3 is 2.62 bits per heavy atom. The molecule has 26 heavy (non-hydrogen) atoms. The molecular formula is C20H30O6. The molecule has 4 aliphatic rings. The lowest BCUT2D eigenvalue weighted by atomic mass is 9.69. The van der Waals surface area contributed by atoms with Crippen LogP contribution >= 0.6 is 0 Å². The number of rotatable bonds is 3. The summed E-state index contributed by atoms with van der Waals surface area (Å²) < 4.78 is 23.8. The van der Waals surface area contributed by atoms with Crippen molar-refractivity contribution in [3.63, 3.8) is 0 Å². The van der Waals surface area contributed by atoms with Crippen molar-refractivity contribution in [2.45, 2.75) is 94.4 Å². The van der Waals surface area contributed by atoms with Crippen molar-refractivity contribution < 1.29 is 28.5 Å². The number of hydrogen-bond acceptors (Lipinski definition) is 6. The van der Waals surface area contributed by atoms with Gasteiger partial charge in [0.2, 0.25) is 0 Å². The first kappa shape index (κ1) is 18.4. The van der Waals surface area contributed by atoms with Crippen LogP contribution < -0.4 is 0 Å². The topological polar surface area (TPSA) is 71.1 Å². The van der Waals surface area contributed by atoms with Gasteiger partial charge in [0.15, 0.2) is 6.29 Å². The average molecular weight is 366 g/mol. The van der Waals surface area contributed by atoms with Gasteiger partial charge in [-0.2, -0.15) is 0 Å². The molecule has 0 radical (unpaired) electrons. The number of carbonyl (C=O) groups is 2. The zero-order valence-electron chi connectivity index (χ0n) is 15.7. The van der Waals surface area contributed by atoms with E-state index in [1.807, 2.05) is 0 Å². The first-order valence-electron chi connectivity index (χ1n) is 10.1. The second kappa shape index (κ2) is 7.21. The highest BCUT2D eigenvalue weighted by Gasteiger charge is 2.62. The maximum Gasteiger partial charge on any atom is 0.308 e. The third-order valence-electron chi connectivity index (χ3n) is 7.14. The van der Waals surface area contributed by atoms with Crippen molar-refractivity contribution >= 4 is 12.3 Å². The third kappa shape index (κ3) is 3.00. The Morgan fingerprint density at radius 2 is 1.92 bits per heavy atom. The lowest BCUT2D eigenvalue weighted by molar-refractivity contribution is -0.237. The highest BCUT2D eigenvalue weighted by molar-refractivity contribution is 5.69. The maximum atomic E-state index is 11.7. The van der Waals surface area contributed by atoms with Crippen molar-refractivity contribution in [2.24, 2.45) is 11.8 Å². The summed E-state index contributed by atoms with van der Waals surface area (Å²) in [6.45, 7) is 2.26. The minimum absolute atomic E-state index is 0.0925. The molecule has 0 aromatic rings. The smallest absolute Gasteiger partial charge is 0.308 e. The third-order valence-corrected chi connectivity index (χ3v) is 7.14. The van der Waals surface area contributed by atoms with Crippen LogP contribution in [0.3, 0.4) is 0 Å². The van der Waals surface area contributed by atoms with Gasteiger partial charge >= 0.3 is 5.97 Å². The van der Waals surface area contributed by atoms with Crippen LogP contribution in [0.5, 0.6) is 0 Å². The molecule has 0 bridgehead atoms. The van der Waals surface area contributed by atoms with E-state index in [2.05, 4.69) is 6.92 Å². The largest absolute Gasteiger partial charge is 0.469 e. The molecule has 3 saturated heterocycles. The summed E-state index contributed by atoms with van der Waals surface area (Å²) in [4.78, 5) is 23.4. The molecule has 0 amide bonds. The Kier molecular flexibility index (Phi) is 5.10. The summed E-state index contributed by atoms with van der Waals surface area (Å²) in [5.41, 5.74) is -0.147. The van der Waals surface area contributed by atoms with E-state index in [0.29, 0.717) is 5.92 Å². The first-order valence-corrected chi connectivity index (χ1v) is 10.1. The summed E-state index contributed by atoms with van der Waals surface area (Å²) in [7, 11) is 1.40. The maximum absolute atomic E-state index is 11.7. The number of ether oxygens (including phenoxy) is 4. The summed E-state index contributed by atoms with van der Waals surface area (Å²) in [6, 6.07) is 0. The van der Waals surface area contributed by atoms with E-state index >= 15 is 0 Å². The van der Waals surface area contributed by atoms with Crippen molar-refractivity contribution in [3.05, 3.63) is 0 Å². The zero-order valence-corrected chi connectivity index (χ0v) is 15.7. The van der Waals surface area contributed by atoms with Gasteiger partial charge in [-0.1, -0.05) is 26.2 Å². The normalized spacial score (nSPS) is 44.2. The molecule has 0 aromatic carbocycles. The number of fused-ring (bicyclic) bond motifs is 3. The molecule has 1 saturated carbocycles. The molecule has 146 valence electrons. The molecular weight excluding hydrogens is 336 g/mol. The number of carbonyl (C=O) groups excluding carboxylic acids is 2. The summed E-state index contributed by atoms with van der Waals surface area (Å²) in [5, 5.41) is 0. The van der Waals surface area contributed by atoms with Crippen molar-refractivity contribution in [1.29, 1.82) is 0 Å². The predicted molar refractivity (Wildman–Crippen MR) is 92.6 cm³/mol. The fourth-order valence-electron chi connectivity index (χ4n) is 5.76. The molecule has 1 spiro atoms. The van der Waals surface area contributed by atoms with Gasteiger partial charge in [0.25, 0.3) is 0 Å². The van der Waals surface area contributed by atoms with Crippen LogP contribution in [0.2, 0.25) is 0 Å².